The van der Waals surface area contributed by atoms with Gasteiger partial charge >= 0.3 is 0 Å². The molecule has 1 amide bonds. The number of carbonyl (C=O) groups excluding carboxylic acids is 1. The highest BCUT2D eigenvalue weighted by Crippen LogP contribution is 2.28. The molecule has 4 rings (SSSR count). The number of nitrogens with one attached hydrogen (secondary N) is 1. The van der Waals surface area contributed by atoms with Gasteiger partial charge < -0.3 is 9.88 Å². The van der Waals surface area contributed by atoms with Gasteiger partial charge in [-0.15, -0.1) is 0 Å². The lowest BCUT2D eigenvalue weighted by Crippen LogP contribution is -2.33. The highest BCUT2D eigenvalue weighted by molar-refractivity contribution is 6.01. The van der Waals surface area contributed by atoms with Gasteiger partial charge in [0.25, 0.3) is 5.91 Å². The van der Waals surface area contributed by atoms with Gasteiger partial charge in [-0.05, 0) is 50.8 Å². The average molecular weight is 368 g/mol. The number of benzene rings is 1. The number of hydrogen-bond acceptors (Lipinski definition) is 2. The number of aryl methyl sites for hydroxylation is 1. The molecule has 2 heterocycles. The number of carbonyl (C=O) groups is 1. The largest absolute Gasteiger partial charge is 0.350 e. The van der Waals surface area contributed by atoms with Gasteiger partial charge in [-0.3, -0.25) is 9.69 Å². The first kappa shape index (κ1) is 18.5. The molecule has 1 aromatic heterocycles. The molecule has 4 heteroatoms. The first-order valence-electron chi connectivity index (χ1n) is 10.8. The third kappa shape index (κ3) is 4.06. The zero-order valence-electron chi connectivity index (χ0n) is 16.7. The van der Waals surface area contributed by atoms with Crippen LogP contribution in [-0.4, -0.2) is 35.0 Å². The Balaban J connectivity index is 1.58. The van der Waals surface area contributed by atoms with Crippen molar-refractivity contribution in [2.75, 3.05) is 19.6 Å². The molecule has 0 radical (unpaired) electrons. The van der Waals surface area contributed by atoms with Crippen molar-refractivity contribution in [3.8, 4) is 0 Å². The number of rotatable bonds is 5. The van der Waals surface area contributed by atoms with E-state index in [-0.39, 0.29) is 5.91 Å². The maximum absolute atomic E-state index is 13.2. The van der Waals surface area contributed by atoms with Crippen molar-refractivity contribution >= 4 is 16.8 Å². The number of likely N-dealkylation sites (tertiary alicyclic amines) is 1. The number of fused-ring (bicyclic) bond motifs is 1. The molecule has 1 aliphatic heterocycles. The fraction of sp³-hybridized carbons (Fsp3) is 0.609. The summed E-state index contributed by atoms with van der Waals surface area (Å²) in [5.41, 5.74) is 3.22. The van der Waals surface area contributed by atoms with Crippen LogP contribution in [0.4, 0.5) is 0 Å². The molecule has 0 atom stereocenters. The van der Waals surface area contributed by atoms with Crippen LogP contribution in [0, 0.1) is 5.92 Å². The molecular weight excluding hydrogens is 334 g/mol. The second kappa shape index (κ2) is 8.47. The molecular formula is C23H33N3O. The fourth-order valence-corrected chi connectivity index (χ4v) is 4.97. The maximum Gasteiger partial charge on any atom is 0.268 e. The summed E-state index contributed by atoms with van der Waals surface area (Å²) < 4.78 is 2.10. The summed E-state index contributed by atoms with van der Waals surface area (Å²) in [6.45, 7) is 4.00. The molecule has 2 aliphatic rings. The molecule has 0 bridgehead atoms. The van der Waals surface area contributed by atoms with Crippen molar-refractivity contribution in [3.63, 3.8) is 0 Å². The molecule has 0 spiro atoms. The quantitative estimate of drug-likeness (QED) is 0.846. The lowest BCUT2D eigenvalue weighted by molar-refractivity contribution is 0.0933. The molecule has 2 aromatic rings. The summed E-state index contributed by atoms with van der Waals surface area (Å²) in [5.74, 6) is 0.759. The molecule has 2 fully saturated rings. The van der Waals surface area contributed by atoms with Crippen molar-refractivity contribution < 1.29 is 4.79 Å². The topological polar surface area (TPSA) is 37.3 Å². The summed E-state index contributed by atoms with van der Waals surface area (Å²) in [4.78, 5) is 15.7. The Morgan fingerprint density at radius 2 is 1.74 bits per heavy atom. The molecule has 1 N–H and O–H groups in total. The number of aromatic nitrogens is 1. The molecule has 1 saturated heterocycles. The van der Waals surface area contributed by atoms with Gasteiger partial charge in [0, 0.05) is 36.6 Å². The second-order valence-electron chi connectivity index (χ2n) is 8.45. The van der Waals surface area contributed by atoms with Gasteiger partial charge in [0.05, 0.1) is 0 Å². The predicted octanol–water partition coefficient (Wildman–Crippen LogP) is 4.47. The van der Waals surface area contributed by atoms with E-state index in [2.05, 4.69) is 39.0 Å². The van der Waals surface area contributed by atoms with E-state index in [0.717, 1.165) is 37.4 Å². The third-order valence-electron chi connectivity index (χ3n) is 6.53. The standard InChI is InChI=1S/C23H33N3O/c1-25-21-13-7-6-12-19(21)20(17-26-14-8-3-9-15-26)22(25)23(27)24-16-18-10-4-2-5-11-18/h6-7,12-13,18H,2-5,8-11,14-17H2,1H3,(H,24,27). The van der Waals surface area contributed by atoms with Crippen molar-refractivity contribution in [1.29, 1.82) is 0 Å². The number of hydrogen-bond donors (Lipinski definition) is 1. The molecule has 27 heavy (non-hydrogen) atoms. The van der Waals surface area contributed by atoms with Crippen LogP contribution in [0.15, 0.2) is 24.3 Å². The molecule has 1 aromatic carbocycles. The number of piperidine rings is 1. The van der Waals surface area contributed by atoms with E-state index >= 15 is 0 Å². The van der Waals surface area contributed by atoms with Crippen LogP contribution in [0.3, 0.4) is 0 Å². The van der Waals surface area contributed by atoms with E-state index in [1.807, 2.05) is 7.05 Å². The first-order valence-corrected chi connectivity index (χ1v) is 10.8. The minimum Gasteiger partial charge on any atom is -0.350 e. The fourth-order valence-electron chi connectivity index (χ4n) is 4.97. The minimum absolute atomic E-state index is 0.103. The average Bonchev–Trinajstić information content (AvgIpc) is 3.00. The molecule has 0 unspecified atom stereocenters. The van der Waals surface area contributed by atoms with Crippen LogP contribution < -0.4 is 5.32 Å². The van der Waals surface area contributed by atoms with Crippen LogP contribution >= 0.6 is 0 Å². The zero-order chi connectivity index (χ0) is 18.6. The van der Waals surface area contributed by atoms with Gasteiger partial charge in [-0.2, -0.15) is 0 Å². The number of para-hydroxylation sites is 1. The Labute approximate surface area is 162 Å². The lowest BCUT2D eigenvalue weighted by Gasteiger charge is -2.27. The van der Waals surface area contributed by atoms with Crippen molar-refractivity contribution in [2.24, 2.45) is 13.0 Å². The Kier molecular flexibility index (Phi) is 5.82. The minimum atomic E-state index is 0.103. The van der Waals surface area contributed by atoms with Gasteiger partial charge in [0.1, 0.15) is 5.69 Å². The van der Waals surface area contributed by atoms with Gasteiger partial charge in [-0.1, -0.05) is 43.9 Å². The van der Waals surface area contributed by atoms with E-state index in [9.17, 15) is 4.79 Å². The van der Waals surface area contributed by atoms with Crippen LogP contribution in [0.1, 0.15) is 67.4 Å². The third-order valence-corrected chi connectivity index (χ3v) is 6.53. The second-order valence-corrected chi connectivity index (χ2v) is 8.45. The van der Waals surface area contributed by atoms with Crippen LogP contribution in [0.25, 0.3) is 10.9 Å². The normalized spacial score (nSPS) is 19.4. The SMILES string of the molecule is Cn1c(C(=O)NCC2CCCCC2)c(CN2CCCCC2)c2ccccc21. The van der Waals surface area contributed by atoms with Crippen LogP contribution in [0.5, 0.6) is 0 Å². The van der Waals surface area contributed by atoms with E-state index in [1.54, 1.807) is 0 Å². The highest BCUT2D eigenvalue weighted by atomic mass is 16.1. The van der Waals surface area contributed by atoms with Crippen LogP contribution in [-0.2, 0) is 13.6 Å². The van der Waals surface area contributed by atoms with Crippen molar-refractivity contribution in [3.05, 3.63) is 35.5 Å². The maximum atomic E-state index is 13.2. The summed E-state index contributed by atoms with van der Waals surface area (Å²) in [7, 11) is 2.04. The number of amides is 1. The summed E-state index contributed by atoms with van der Waals surface area (Å²) >= 11 is 0. The summed E-state index contributed by atoms with van der Waals surface area (Å²) in [5, 5.41) is 4.50. The molecule has 146 valence electrons. The Bertz CT molecular complexity index is 782. The van der Waals surface area contributed by atoms with E-state index < -0.39 is 0 Å². The monoisotopic (exact) mass is 367 g/mol. The molecule has 1 aliphatic carbocycles. The van der Waals surface area contributed by atoms with E-state index in [0.29, 0.717) is 5.92 Å². The Morgan fingerprint density at radius 1 is 1.04 bits per heavy atom. The Hall–Kier alpha value is -1.81. The molecule has 4 nitrogen and oxygen atoms in total. The van der Waals surface area contributed by atoms with Gasteiger partial charge in [0.2, 0.25) is 0 Å². The Morgan fingerprint density at radius 3 is 2.52 bits per heavy atom. The number of nitrogens with zero attached hydrogens (tertiary/aromatic N) is 2. The molecule has 1 saturated carbocycles. The van der Waals surface area contributed by atoms with Gasteiger partial charge in [0.15, 0.2) is 0 Å². The predicted molar refractivity (Wildman–Crippen MR) is 111 cm³/mol. The van der Waals surface area contributed by atoms with E-state index in [1.165, 1.54) is 62.3 Å². The summed E-state index contributed by atoms with van der Waals surface area (Å²) in [6.07, 6.45) is 10.4. The summed E-state index contributed by atoms with van der Waals surface area (Å²) in [6, 6.07) is 8.46. The van der Waals surface area contributed by atoms with Crippen molar-refractivity contribution in [1.82, 2.24) is 14.8 Å². The van der Waals surface area contributed by atoms with Crippen LogP contribution in [0.2, 0.25) is 0 Å². The van der Waals surface area contributed by atoms with Crippen molar-refractivity contribution in [2.45, 2.75) is 57.9 Å². The lowest BCUT2D eigenvalue weighted by atomic mass is 9.89. The zero-order valence-corrected chi connectivity index (χ0v) is 16.7. The highest BCUT2D eigenvalue weighted by Gasteiger charge is 2.24. The van der Waals surface area contributed by atoms with E-state index in [4.69, 9.17) is 0 Å². The first-order chi connectivity index (χ1) is 13.2. The smallest absolute Gasteiger partial charge is 0.268 e. The van der Waals surface area contributed by atoms with Gasteiger partial charge in [-0.25, -0.2) is 0 Å².